The molecule has 1 heterocycles. The molecule has 0 fully saturated rings. The number of hydrogen-bond acceptors (Lipinski definition) is 5. The zero-order valence-corrected chi connectivity index (χ0v) is 9.89. The van der Waals surface area contributed by atoms with E-state index >= 15 is 0 Å². The van der Waals surface area contributed by atoms with Gasteiger partial charge < -0.3 is 16.0 Å². The Morgan fingerprint density at radius 3 is 2.50 bits per heavy atom. The molecule has 0 saturated carbocycles. The lowest BCUT2D eigenvalue weighted by Crippen LogP contribution is -2.20. The highest BCUT2D eigenvalue weighted by atomic mass is 19.4. The Balaban J connectivity index is 2.43. The topological polar surface area (TPSA) is 108 Å². The van der Waals surface area contributed by atoms with Crippen LogP contribution in [0, 0.1) is 0 Å². The van der Waals surface area contributed by atoms with Crippen LogP contribution < -0.4 is 11.5 Å². The van der Waals surface area contributed by atoms with E-state index in [0.717, 1.165) is 6.07 Å². The van der Waals surface area contributed by atoms with Gasteiger partial charge in [-0.15, -0.1) is 0 Å². The Labute approximate surface area is 110 Å². The fraction of sp³-hybridized carbons (Fsp3) is 0.182. The van der Waals surface area contributed by atoms with Gasteiger partial charge in [-0.25, -0.2) is 0 Å². The van der Waals surface area contributed by atoms with E-state index in [2.05, 4.69) is 14.7 Å². The molecule has 2 aromatic rings. The third-order valence-corrected chi connectivity index (χ3v) is 2.53. The maximum atomic E-state index is 12.9. The quantitative estimate of drug-likeness (QED) is 0.882. The molecule has 4 N–H and O–H groups in total. The summed E-state index contributed by atoms with van der Waals surface area (Å²) in [6.45, 7) is 0. The van der Waals surface area contributed by atoms with Gasteiger partial charge in [0.05, 0.1) is 11.6 Å². The number of aromatic nitrogens is 2. The fourth-order valence-electron chi connectivity index (χ4n) is 1.63. The molecule has 1 atom stereocenters. The van der Waals surface area contributed by atoms with E-state index in [1.54, 1.807) is 0 Å². The number of primary amides is 1. The number of halogens is 3. The van der Waals surface area contributed by atoms with Crippen LogP contribution in [0.3, 0.4) is 0 Å². The van der Waals surface area contributed by atoms with E-state index in [1.807, 2.05) is 0 Å². The van der Waals surface area contributed by atoms with E-state index in [0.29, 0.717) is 0 Å². The highest BCUT2D eigenvalue weighted by molar-refractivity contribution is 5.87. The van der Waals surface area contributed by atoms with Crippen LogP contribution in [-0.2, 0) is 6.18 Å². The molecule has 0 spiro atoms. The standard InChI is InChI=1S/C11H9F3N4O2/c12-11(13,14)6-4-2-1-3-5(6)7(15)9-17-10(8(16)19)20-18-9/h1-4,7H,15H2,(H2,16,19). The van der Waals surface area contributed by atoms with Gasteiger partial charge in [0.1, 0.15) is 0 Å². The number of alkyl halides is 3. The third kappa shape index (κ3) is 2.62. The second-order valence-electron chi connectivity index (χ2n) is 3.88. The van der Waals surface area contributed by atoms with Gasteiger partial charge in [-0.1, -0.05) is 23.4 Å². The number of rotatable bonds is 3. The zero-order valence-electron chi connectivity index (χ0n) is 9.89. The smallest absolute Gasteiger partial charge is 0.361 e. The minimum atomic E-state index is -4.57. The number of carbonyl (C=O) groups is 1. The number of nitrogens with two attached hydrogens (primary N) is 2. The summed E-state index contributed by atoms with van der Waals surface area (Å²) in [5, 5.41) is 3.36. The van der Waals surface area contributed by atoms with Crippen molar-refractivity contribution in [3.05, 3.63) is 47.1 Å². The van der Waals surface area contributed by atoms with E-state index in [9.17, 15) is 18.0 Å². The van der Waals surface area contributed by atoms with Gasteiger partial charge in [-0.05, 0) is 11.6 Å². The number of hydrogen-bond donors (Lipinski definition) is 2. The maximum Gasteiger partial charge on any atom is 0.416 e. The van der Waals surface area contributed by atoms with Crippen molar-refractivity contribution < 1.29 is 22.5 Å². The molecule has 6 nitrogen and oxygen atoms in total. The monoisotopic (exact) mass is 286 g/mol. The fourth-order valence-corrected chi connectivity index (χ4v) is 1.63. The Hall–Kier alpha value is -2.42. The van der Waals surface area contributed by atoms with Gasteiger partial charge >= 0.3 is 18.0 Å². The van der Waals surface area contributed by atoms with Gasteiger partial charge in [-0.2, -0.15) is 18.2 Å². The lowest BCUT2D eigenvalue weighted by atomic mass is 10.00. The highest BCUT2D eigenvalue weighted by Gasteiger charge is 2.35. The predicted molar refractivity (Wildman–Crippen MR) is 60.3 cm³/mol. The summed E-state index contributed by atoms with van der Waals surface area (Å²) < 4.78 is 43.1. The van der Waals surface area contributed by atoms with E-state index in [1.165, 1.54) is 18.2 Å². The first-order chi connectivity index (χ1) is 9.30. The lowest BCUT2D eigenvalue weighted by Gasteiger charge is -2.15. The molecule has 20 heavy (non-hydrogen) atoms. The van der Waals surface area contributed by atoms with Crippen molar-refractivity contribution in [3.63, 3.8) is 0 Å². The average Bonchev–Trinajstić information content (AvgIpc) is 2.86. The Morgan fingerprint density at radius 1 is 1.30 bits per heavy atom. The summed E-state index contributed by atoms with van der Waals surface area (Å²) in [4.78, 5) is 14.4. The van der Waals surface area contributed by atoms with E-state index in [-0.39, 0.29) is 11.4 Å². The van der Waals surface area contributed by atoms with Crippen LogP contribution in [0.15, 0.2) is 28.8 Å². The van der Waals surface area contributed by atoms with Crippen LogP contribution in [0.2, 0.25) is 0 Å². The van der Waals surface area contributed by atoms with Crippen molar-refractivity contribution in [2.24, 2.45) is 11.5 Å². The molecule has 0 aliphatic carbocycles. The molecule has 0 saturated heterocycles. The predicted octanol–water partition coefficient (Wildman–Crippen LogP) is 1.24. The summed E-state index contributed by atoms with van der Waals surface area (Å²) in [7, 11) is 0. The third-order valence-electron chi connectivity index (χ3n) is 2.53. The molecule has 1 aromatic carbocycles. The van der Waals surface area contributed by atoms with Crippen molar-refractivity contribution in [3.8, 4) is 0 Å². The van der Waals surface area contributed by atoms with Crippen LogP contribution in [0.4, 0.5) is 13.2 Å². The summed E-state index contributed by atoms with van der Waals surface area (Å²) >= 11 is 0. The Bertz CT molecular complexity index is 639. The zero-order chi connectivity index (χ0) is 14.9. The first-order valence-electron chi connectivity index (χ1n) is 5.36. The molecule has 0 radical (unpaired) electrons. The van der Waals surface area contributed by atoms with Crippen LogP contribution in [-0.4, -0.2) is 16.0 Å². The second kappa shape index (κ2) is 4.93. The first kappa shape index (κ1) is 14.0. The van der Waals surface area contributed by atoms with Crippen molar-refractivity contribution in [2.45, 2.75) is 12.2 Å². The van der Waals surface area contributed by atoms with Crippen molar-refractivity contribution >= 4 is 5.91 Å². The molecule has 0 aliphatic heterocycles. The van der Waals surface area contributed by atoms with Crippen molar-refractivity contribution in [1.82, 2.24) is 10.1 Å². The van der Waals surface area contributed by atoms with E-state index in [4.69, 9.17) is 11.5 Å². The lowest BCUT2D eigenvalue weighted by molar-refractivity contribution is -0.138. The van der Waals surface area contributed by atoms with Crippen LogP contribution >= 0.6 is 0 Å². The largest absolute Gasteiger partial charge is 0.416 e. The van der Waals surface area contributed by atoms with Gasteiger partial charge in [-0.3, -0.25) is 4.79 Å². The number of nitrogens with zero attached hydrogens (tertiary/aromatic N) is 2. The van der Waals surface area contributed by atoms with Gasteiger partial charge in [0.25, 0.3) is 0 Å². The molecule has 1 aromatic heterocycles. The molecule has 0 aliphatic rings. The highest BCUT2D eigenvalue weighted by Crippen LogP contribution is 2.35. The van der Waals surface area contributed by atoms with Crippen LogP contribution in [0.5, 0.6) is 0 Å². The van der Waals surface area contributed by atoms with Gasteiger partial charge in [0, 0.05) is 0 Å². The van der Waals surface area contributed by atoms with Crippen molar-refractivity contribution in [1.29, 1.82) is 0 Å². The molecule has 9 heteroatoms. The molecular formula is C11H9F3N4O2. The number of carbonyl (C=O) groups excluding carboxylic acids is 1. The molecular weight excluding hydrogens is 277 g/mol. The van der Waals surface area contributed by atoms with Gasteiger partial charge in [0.15, 0.2) is 5.82 Å². The SMILES string of the molecule is NC(=O)c1nc(C(N)c2ccccc2C(F)(F)F)no1. The minimum absolute atomic E-state index is 0.225. The maximum absolute atomic E-state index is 12.9. The average molecular weight is 286 g/mol. The summed E-state index contributed by atoms with van der Waals surface area (Å²) in [6, 6.07) is 3.45. The molecule has 1 unspecified atom stereocenters. The van der Waals surface area contributed by atoms with Crippen LogP contribution in [0.25, 0.3) is 0 Å². The summed E-state index contributed by atoms with van der Waals surface area (Å²) in [5.74, 6) is -1.75. The first-order valence-corrected chi connectivity index (χ1v) is 5.36. The normalized spacial score (nSPS) is 13.2. The number of amides is 1. The molecule has 106 valence electrons. The van der Waals surface area contributed by atoms with E-state index < -0.39 is 29.6 Å². The number of benzene rings is 1. The van der Waals surface area contributed by atoms with Crippen molar-refractivity contribution in [2.75, 3.05) is 0 Å². The molecule has 1 amide bonds. The second-order valence-corrected chi connectivity index (χ2v) is 3.88. The minimum Gasteiger partial charge on any atom is -0.361 e. The van der Waals surface area contributed by atoms with Crippen LogP contribution in [0.1, 0.15) is 33.7 Å². The molecule has 2 rings (SSSR count). The summed E-state index contributed by atoms with van der Waals surface area (Å²) in [6.07, 6.45) is -4.57. The Morgan fingerprint density at radius 2 is 1.95 bits per heavy atom. The molecule has 0 bridgehead atoms. The Kier molecular flexibility index (Phi) is 3.45. The summed E-state index contributed by atoms with van der Waals surface area (Å²) in [5.41, 5.74) is 9.47. The van der Waals surface area contributed by atoms with Gasteiger partial charge in [0.2, 0.25) is 0 Å².